The molecule has 156 valence electrons. The molecule has 0 spiro atoms. The Morgan fingerprint density at radius 3 is 1.82 bits per heavy atom. The van der Waals surface area contributed by atoms with Crippen LogP contribution in [0, 0.1) is 11.8 Å². The summed E-state index contributed by atoms with van der Waals surface area (Å²) in [6, 6.07) is 6.82. The summed E-state index contributed by atoms with van der Waals surface area (Å²) < 4.78 is 0.845. The molecule has 0 fully saturated rings. The maximum atomic E-state index is 13.1. The molecule has 6 nitrogen and oxygen atoms in total. The summed E-state index contributed by atoms with van der Waals surface area (Å²) in [5.74, 6) is -1.79. The number of carbonyl (C=O) groups is 3. The third kappa shape index (κ3) is 6.62. The summed E-state index contributed by atoms with van der Waals surface area (Å²) in [5, 5.41) is 15.1. The standard InChI is InChI=1S/C21H31BrN2O4/c1-13(2)11-20(5,23-17(25)15-7-9-16(22)10-8-15)18(26)24-21(6,19(27)28)12-14(3)4/h7-10,13-14H,11-12H2,1-6H3,(H,23,25)(H,24,26)(H,27,28)/t20-,21-/m0/s1. The molecule has 0 saturated carbocycles. The van der Waals surface area contributed by atoms with Crippen molar-refractivity contribution in [2.24, 2.45) is 11.8 Å². The van der Waals surface area contributed by atoms with Gasteiger partial charge in [0.15, 0.2) is 0 Å². The molecule has 2 atom stereocenters. The third-order valence-electron chi connectivity index (χ3n) is 4.49. The first-order chi connectivity index (χ1) is 12.8. The lowest BCUT2D eigenvalue weighted by Crippen LogP contribution is -2.63. The van der Waals surface area contributed by atoms with Crippen LogP contribution in [-0.2, 0) is 9.59 Å². The maximum absolute atomic E-state index is 13.1. The van der Waals surface area contributed by atoms with E-state index in [2.05, 4.69) is 26.6 Å². The van der Waals surface area contributed by atoms with Crippen LogP contribution in [0.25, 0.3) is 0 Å². The van der Waals surface area contributed by atoms with Crippen molar-refractivity contribution in [1.29, 1.82) is 0 Å². The molecule has 0 bridgehead atoms. The first kappa shape index (κ1) is 24.1. The average molecular weight is 455 g/mol. The van der Waals surface area contributed by atoms with E-state index in [1.54, 1.807) is 31.2 Å². The summed E-state index contributed by atoms with van der Waals surface area (Å²) >= 11 is 3.33. The summed E-state index contributed by atoms with van der Waals surface area (Å²) in [6.07, 6.45) is 0.658. The maximum Gasteiger partial charge on any atom is 0.329 e. The smallest absolute Gasteiger partial charge is 0.329 e. The fraction of sp³-hybridized carbons (Fsp3) is 0.571. The van der Waals surface area contributed by atoms with E-state index in [-0.39, 0.29) is 24.2 Å². The lowest BCUT2D eigenvalue weighted by atomic mass is 9.86. The molecule has 1 rings (SSSR count). The van der Waals surface area contributed by atoms with Crippen molar-refractivity contribution in [2.75, 3.05) is 0 Å². The van der Waals surface area contributed by atoms with Crippen LogP contribution in [0.4, 0.5) is 0 Å². The second-order valence-corrected chi connectivity index (χ2v) is 9.50. The molecule has 0 aromatic heterocycles. The molecule has 2 amide bonds. The van der Waals surface area contributed by atoms with E-state index in [9.17, 15) is 19.5 Å². The van der Waals surface area contributed by atoms with Gasteiger partial charge in [0.05, 0.1) is 0 Å². The predicted octanol–water partition coefficient (Wildman–Crippen LogP) is 3.99. The molecule has 0 aliphatic carbocycles. The second-order valence-electron chi connectivity index (χ2n) is 8.58. The van der Waals surface area contributed by atoms with Gasteiger partial charge in [-0.2, -0.15) is 0 Å². The highest BCUT2D eigenvalue weighted by molar-refractivity contribution is 9.10. The predicted molar refractivity (Wildman–Crippen MR) is 113 cm³/mol. The fourth-order valence-corrected chi connectivity index (χ4v) is 3.60. The number of hydrogen-bond acceptors (Lipinski definition) is 3. The Morgan fingerprint density at radius 2 is 1.39 bits per heavy atom. The van der Waals surface area contributed by atoms with Crippen molar-refractivity contribution in [3.63, 3.8) is 0 Å². The minimum Gasteiger partial charge on any atom is -0.480 e. The van der Waals surface area contributed by atoms with Gasteiger partial charge in [0.2, 0.25) is 5.91 Å². The molecule has 0 radical (unpaired) electrons. The summed E-state index contributed by atoms with van der Waals surface area (Å²) in [7, 11) is 0. The average Bonchev–Trinajstić information content (AvgIpc) is 2.53. The quantitative estimate of drug-likeness (QED) is 0.525. The van der Waals surface area contributed by atoms with Gasteiger partial charge in [-0.3, -0.25) is 9.59 Å². The van der Waals surface area contributed by atoms with E-state index >= 15 is 0 Å². The van der Waals surface area contributed by atoms with Crippen molar-refractivity contribution in [3.8, 4) is 0 Å². The van der Waals surface area contributed by atoms with Gasteiger partial charge in [0.25, 0.3) is 5.91 Å². The van der Waals surface area contributed by atoms with Crippen LogP contribution in [-0.4, -0.2) is 34.0 Å². The van der Waals surface area contributed by atoms with Crippen LogP contribution < -0.4 is 10.6 Å². The monoisotopic (exact) mass is 454 g/mol. The van der Waals surface area contributed by atoms with Crippen molar-refractivity contribution < 1.29 is 19.5 Å². The van der Waals surface area contributed by atoms with Crippen LogP contribution in [0.15, 0.2) is 28.7 Å². The molecule has 28 heavy (non-hydrogen) atoms. The highest BCUT2D eigenvalue weighted by Crippen LogP contribution is 2.23. The summed E-state index contributed by atoms with van der Waals surface area (Å²) in [4.78, 5) is 37.6. The number of carboxylic acids is 1. The van der Waals surface area contributed by atoms with E-state index in [1.807, 2.05) is 27.7 Å². The van der Waals surface area contributed by atoms with Gasteiger partial charge in [0.1, 0.15) is 11.1 Å². The van der Waals surface area contributed by atoms with E-state index in [0.717, 1.165) is 4.47 Å². The topological polar surface area (TPSA) is 95.5 Å². The molecule has 7 heteroatoms. The first-order valence-electron chi connectivity index (χ1n) is 9.43. The molecule has 0 aliphatic heterocycles. The van der Waals surface area contributed by atoms with Gasteiger partial charge in [-0.1, -0.05) is 43.6 Å². The second kappa shape index (κ2) is 9.54. The van der Waals surface area contributed by atoms with Crippen LogP contribution >= 0.6 is 15.9 Å². The van der Waals surface area contributed by atoms with Gasteiger partial charge in [-0.25, -0.2) is 4.79 Å². The summed E-state index contributed by atoms with van der Waals surface area (Å²) in [6.45, 7) is 10.8. The highest BCUT2D eigenvalue weighted by atomic mass is 79.9. The Kier molecular flexibility index (Phi) is 8.23. The van der Waals surface area contributed by atoms with Gasteiger partial charge in [-0.05, 0) is 62.8 Å². The van der Waals surface area contributed by atoms with Crippen molar-refractivity contribution in [3.05, 3.63) is 34.3 Å². The SMILES string of the molecule is CC(C)C[C@](C)(NC(=O)[C@](C)(CC(C)C)NC(=O)c1ccc(Br)cc1)C(=O)O. The van der Waals surface area contributed by atoms with Crippen LogP contribution in [0.1, 0.15) is 64.7 Å². The zero-order valence-corrected chi connectivity index (χ0v) is 19.0. The molecule has 1 aromatic rings. The van der Waals surface area contributed by atoms with Crippen molar-refractivity contribution >= 4 is 33.7 Å². The van der Waals surface area contributed by atoms with Crippen LogP contribution in [0.2, 0.25) is 0 Å². The Morgan fingerprint density at radius 1 is 0.929 bits per heavy atom. The lowest BCUT2D eigenvalue weighted by molar-refractivity contribution is -0.148. The largest absolute Gasteiger partial charge is 0.480 e. The van der Waals surface area contributed by atoms with Gasteiger partial charge >= 0.3 is 5.97 Å². The Hall–Kier alpha value is -1.89. The number of halogens is 1. The molecule has 0 saturated heterocycles. The van der Waals surface area contributed by atoms with E-state index in [1.165, 1.54) is 6.92 Å². The zero-order chi connectivity index (χ0) is 21.7. The lowest BCUT2D eigenvalue weighted by Gasteiger charge is -2.36. The minimum atomic E-state index is -1.41. The third-order valence-corrected chi connectivity index (χ3v) is 5.02. The number of hydrogen-bond donors (Lipinski definition) is 3. The number of nitrogens with one attached hydrogen (secondary N) is 2. The normalized spacial score (nSPS) is 15.6. The minimum absolute atomic E-state index is 0.0788. The van der Waals surface area contributed by atoms with Gasteiger partial charge in [0, 0.05) is 10.0 Å². The van der Waals surface area contributed by atoms with E-state index < -0.39 is 23.0 Å². The molecule has 3 N–H and O–H groups in total. The molecular formula is C21H31BrN2O4. The Bertz CT molecular complexity index is 718. The summed E-state index contributed by atoms with van der Waals surface area (Å²) in [5.41, 5.74) is -2.23. The van der Waals surface area contributed by atoms with Gasteiger partial charge in [-0.15, -0.1) is 0 Å². The number of benzene rings is 1. The number of aliphatic carboxylic acids is 1. The van der Waals surface area contributed by atoms with Crippen LogP contribution in [0.3, 0.4) is 0 Å². The Labute approximate surface area is 175 Å². The van der Waals surface area contributed by atoms with E-state index in [0.29, 0.717) is 12.0 Å². The molecule has 0 unspecified atom stereocenters. The van der Waals surface area contributed by atoms with Gasteiger partial charge < -0.3 is 15.7 Å². The number of rotatable bonds is 9. The molecule has 0 aliphatic rings. The van der Waals surface area contributed by atoms with Crippen LogP contribution in [0.5, 0.6) is 0 Å². The fourth-order valence-electron chi connectivity index (χ4n) is 3.34. The first-order valence-corrected chi connectivity index (χ1v) is 10.2. The molecule has 0 heterocycles. The number of amides is 2. The highest BCUT2D eigenvalue weighted by Gasteiger charge is 2.42. The number of carbonyl (C=O) groups excluding carboxylic acids is 2. The number of carboxylic acid groups (broad SMARTS) is 1. The Balaban J connectivity index is 3.12. The van der Waals surface area contributed by atoms with E-state index in [4.69, 9.17) is 0 Å². The zero-order valence-electron chi connectivity index (χ0n) is 17.4. The van der Waals surface area contributed by atoms with Crippen molar-refractivity contribution in [2.45, 2.75) is 65.5 Å². The molecular weight excluding hydrogens is 424 g/mol. The van der Waals surface area contributed by atoms with Crippen molar-refractivity contribution in [1.82, 2.24) is 10.6 Å². The molecule has 1 aromatic carbocycles.